The highest BCUT2D eigenvalue weighted by atomic mass is 32.2. The molecule has 0 saturated carbocycles. The Morgan fingerprint density at radius 2 is 2.06 bits per heavy atom. The van der Waals surface area contributed by atoms with Crippen molar-refractivity contribution in [1.29, 1.82) is 5.26 Å². The van der Waals surface area contributed by atoms with Crippen molar-refractivity contribution in [3.05, 3.63) is 63.7 Å². The summed E-state index contributed by atoms with van der Waals surface area (Å²) in [7, 11) is 0. The third-order valence-corrected chi connectivity index (χ3v) is 8.82. The Morgan fingerprint density at radius 3 is 2.86 bits per heavy atom. The monoisotopic (exact) mass is 535 g/mol. The maximum absolute atomic E-state index is 13.0. The number of benzene rings is 1. The zero-order valence-electron chi connectivity index (χ0n) is 19.3. The minimum absolute atomic E-state index is 0.123. The zero-order chi connectivity index (χ0) is 25.1. The summed E-state index contributed by atoms with van der Waals surface area (Å²) in [6.07, 6.45) is 5.07. The highest BCUT2D eigenvalue weighted by molar-refractivity contribution is 8.01. The summed E-state index contributed by atoms with van der Waals surface area (Å²) in [5.74, 6) is -0.669. The molecule has 1 aliphatic carbocycles. The molecular formula is C26H21N3O4S3. The molecule has 0 saturated heterocycles. The molecule has 10 heteroatoms. The van der Waals surface area contributed by atoms with Crippen LogP contribution in [-0.4, -0.2) is 23.5 Å². The first kappa shape index (κ1) is 24.3. The Morgan fingerprint density at radius 1 is 1.22 bits per heavy atom. The Hall–Kier alpha value is -3.39. The van der Waals surface area contributed by atoms with E-state index in [1.165, 1.54) is 29.2 Å². The minimum atomic E-state index is -0.599. The number of hydrogen-bond donors (Lipinski definition) is 1. The number of nitrogens with one attached hydrogen (secondary N) is 1. The predicted octanol–water partition coefficient (Wildman–Crippen LogP) is 6.70. The smallest absolute Gasteiger partial charge is 0.341 e. The molecule has 1 amide bonds. The number of thiazole rings is 1. The topological polar surface area (TPSA) is 105 Å². The number of rotatable bonds is 7. The summed E-state index contributed by atoms with van der Waals surface area (Å²) >= 11 is 4.33. The van der Waals surface area contributed by atoms with Gasteiger partial charge in [0, 0.05) is 11.0 Å². The van der Waals surface area contributed by atoms with Gasteiger partial charge in [-0.15, -0.1) is 22.7 Å². The van der Waals surface area contributed by atoms with Crippen LogP contribution in [0.15, 0.2) is 55.8 Å². The number of hydrogen-bond acceptors (Lipinski definition) is 9. The number of furan rings is 1. The van der Waals surface area contributed by atoms with Gasteiger partial charge in [-0.2, -0.15) is 5.26 Å². The second-order valence-corrected chi connectivity index (χ2v) is 11.4. The van der Waals surface area contributed by atoms with Crippen molar-refractivity contribution in [2.24, 2.45) is 0 Å². The largest absolute Gasteiger partial charge is 0.462 e. The third kappa shape index (κ3) is 5.09. The van der Waals surface area contributed by atoms with Gasteiger partial charge in [0.25, 0.3) is 5.91 Å². The van der Waals surface area contributed by atoms with Crippen LogP contribution in [0.25, 0.3) is 16.3 Å². The van der Waals surface area contributed by atoms with E-state index in [4.69, 9.17) is 9.15 Å². The van der Waals surface area contributed by atoms with E-state index >= 15 is 0 Å². The van der Waals surface area contributed by atoms with Gasteiger partial charge in [0.05, 0.1) is 22.4 Å². The third-order valence-electron chi connectivity index (χ3n) is 5.59. The zero-order valence-corrected chi connectivity index (χ0v) is 21.8. The van der Waals surface area contributed by atoms with Crippen molar-refractivity contribution in [2.45, 2.75) is 42.0 Å². The first-order valence-corrected chi connectivity index (χ1v) is 13.9. The van der Waals surface area contributed by atoms with Gasteiger partial charge in [-0.3, -0.25) is 4.79 Å². The molecule has 1 aliphatic rings. The van der Waals surface area contributed by atoms with E-state index < -0.39 is 11.9 Å². The molecule has 0 radical (unpaired) electrons. The van der Waals surface area contributed by atoms with Gasteiger partial charge < -0.3 is 14.5 Å². The van der Waals surface area contributed by atoms with E-state index in [-0.39, 0.29) is 12.2 Å². The van der Waals surface area contributed by atoms with Gasteiger partial charge in [-0.25, -0.2) is 9.78 Å². The Balaban J connectivity index is 1.34. The lowest BCUT2D eigenvalue weighted by Crippen LogP contribution is -2.16. The highest BCUT2D eigenvalue weighted by Crippen LogP contribution is 2.39. The van der Waals surface area contributed by atoms with Crippen LogP contribution in [0.5, 0.6) is 0 Å². The normalized spacial score (nSPS) is 13.3. The van der Waals surface area contributed by atoms with Crippen molar-refractivity contribution in [3.8, 4) is 6.07 Å². The summed E-state index contributed by atoms with van der Waals surface area (Å²) < 4.78 is 13.0. The molecule has 0 unspecified atom stereocenters. The molecule has 0 spiro atoms. The van der Waals surface area contributed by atoms with Gasteiger partial charge in [0.15, 0.2) is 9.43 Å². The Kier molecular flexibility index (Phi) is 7.23. The quantitative estimate of drug-likeness (QED) is 0.159. The highest BCUT2D eigenvalue weighted by Gasteiger charge is 2.28. The van der Waals surface area contributed by atoms with E-state index in [1.54, 1.807) is 30.4 Å². The van der Waals surface area contributed by atoms with E-state index in [0.29, 0.717) is 21.4 Å². The molecular weight excluding hydrogens is 515 g/mol. The molecule has 1 aromatic carbocycles. The number of thiophene rings is 1. The van der Waals surface area contributed by atoms with Crippen molar-refractivity contribution in [3.63, 3.8) is 0 Å². The number of nitrogens with zero attached hydrogens (tertiary/aromatic N) is 2. The van der Waals surface area contributed by atoms with Crippen LogP contribution in [-0.2, 0) is 22.4 Å². The van der Waals surface area contributed by atoms with Gasteiger partial charge in [-0.1, -0.05) is 12.1 Å². The van der Waals surface area contributed by atoms with E-state index in [0.717, 1.165) is 50.7 Å². The SMILES string of the molecule is CCOC(=O)c1c(NC(=O)C(C#N)=Cc2ccc(Sc3nc4ccccc4s3)o2)sc2c1CCCC2. The molecule has 0 fully saturated rings. The fourth-order valence-electron chi connectivity index (χ4n) is 3.98. The number of aromatic nitrogens is 1. The molecule has 4 aromatic rings. The van der Waals surface area contributed by atoms with Crippen molar-refractivity contribution < 1.29 is 18.7 Å². The van der Waals surface area contributed by atoms with Crippen molar-refractivity contribution >= 4 is 67.6 Å². The first-order valence-electron chi connectivity index (χ1n) is 11.4. The van der Waals surface area contributed by atoms with Crippen molar-refractivity contribution in [1.82, 2.24) is 4.98 Å². The van der Waals surface area contributed by atoms with Crippen LogP contribution in [0, 0.1) is 11.3 Å². The average Bonchev–Trinajstić information content (AvgIpc) is 3.58. The number of amides is 1. The Bertz CT molecular complexity index is 1490. The molecule has 3 heterocycles. The summed E-state index contributed by atoms with van der Waals surface area (Å²) in [4.78, 5) is 31.3. The van der Waals surface area contributed by atoms with Crippen LogP contribution in [0.4, 0.5) is 5.00 Å². The van der Waals surface area contributed by atoms with E-state index in [2.05, 4.69) is 10.3 Å². The number of anilines is 1. The Labute approximate surface area is 219 Å². The van der Waals surface area contributed by atoms with Crippen LogP contribution < -0.4 is 5.32 Å². The number of para-hydroxylation sites is 1. The maximum atomic E-state index is 13.0. The summed E-state index contributed by atoms with van der Waals surface area (Å²) in [6, 6.07) is 13.3. The van der Waals surface area contributed by atoms with Crippen LogP contribution >= 0.6 is 34.4 Å². The second kappa shape index (κ2) is 10.7. The van der Waals surface area contributed by atoms with Crippen LogP contribution in [0.3, 0.4) is 0 Å². The van der Waals surface area contributed by atoms with Gasteiger partial charge in [-0.05, 0) is 74.2 Å². The molecule has 0 atom stereocenters. The maximum Gasteiger partial charge on any atom is 0.341 e. The summed E-state index contributed by atoms with van der Waals surface area (Å²) in [5, 5.41) is 13.5. The van der Waals surface area contributed by atoms with Crippen LogP contribution in [0.2, 0.25) is 0 Å². The number of carbonyl (C=O) groups is 2. The lowest BCUT2D eigenvalue weighted by Gasteiger charge is -2.12. The summed E-state index contributed by atoms with van der Waals surface area (Å²) in [5.41, 5.74) is 2.17. The standard InChI is InChI=1S/C26H21N3O4S3/c1-2-32-25(31)22-17-7-3-5-9-19(17)34-24(22)29-23(30)15(14-27)13-16-11-12-21(33-16)36-26-28-18-8-4-6-10-20(18)35-26/h4,6,8,10-13H,2-3,5,7,9H2,1H3,(H,29,30). The molecule has 7 nitrogen and oxygen atoms in total. The lowest BCUT2D eigenvalue weighted by atomic mass is 9.95. The molecule has 0 bridgehead atoms. The predicted molar refractivity (Wildman–Crippen MR) is 142 cm³/mol. The van der Waals surface area contributed by atoms with Gasteiger partial charge >= 0.3 is 5.97 Å². The number of ether oxygens (including phenoxy) is 1. The first-order chi connectivity index (χ1) is 17.6. The number of aryl methyl sites for hydroxylation is 1. The molecule has 1 N–H and O–H groups in total. The molecule has 182 valence electrons. The number of carbonyl (C=O) groups excluding carboxylic acids is 2. The van der Waals surface area contributed by atoms with E-state index in [1.807, 2.05) is 30.3 Å². The fraction of sp³-hybridized carbons (Fsp3) is 0.231. The van der Waals surface area contributed by atoms with Crippen molar-refractivity contribution in [2.75, 3.05) is 11.9 Å². The van der Waals surface area contributed by atoms with Crippen LogP contribution in [0.1, 0.15) is 46.3 Å². The number of nitriles is 1. The number of fused-ring (bicyclic) bond motifs is 2. The summed E-state index contributed by atoms with van der Waals surface area (Å²) in [6.45, 7) is 1.99. The average molecular weight is 536 g/mol. The minimum Gasteiger partial charge on any atom is -0.462 e. The van der Waals surface area contributed by atoms with Gasteiger partial charge in [0.1, 0.15) is 22.4 Å². The fourth-order valence-corrected chi connectivity index (χ4v) is 7.22. The molecule has 5 rings (SSSR count). The molecule has 36 heavy (non-hydrogen) atoms. The lowest BCUT2D eigenvalue weighted by molar-refractivity contribution is -0.112. The molecule has 3 aromatic heterocycles. The van der Waals surface area contributed by atoms with Gasteiger partial charge in [0.2, 0.25) is 0 Å². The van der Waals surface area contributed by atoms with E-state index in [9.17, 15) is 14.9 Å². The molecule has 0 aliphatic heterocycles. The second-order valence-electron chi connectivity index (χ2n) is 7.97. The number of esters is 1.